The number of nitrogens with zero attached hydrogens (tertiary/aromatic N) is 2. The van der Waals surface area contributed by atoms with Gasteiger partial charge >= 0.3 is 5.97 Å². The smallest absolute Gasteiger partial charge is 0.307 e. The van der Waals surface area contributed by atoms with E-state index in [4.69, 9.17) is 9.84 Å². The fourth-order valence-electron chi connectivity index (χ4n) is 1.39. The third kappa shape index (κ3) is 3.16. The number of para-hydroxylation sites is 1. The number of benzene rings is 1. The Morgan fingerprint density at radius 2 is 2.17 bits per heavy atom. The van der Waals surface area contributed by atoms with Crippen molar-refractivity contribution in [3.8, 4) is 11.6 Å². The molecule has 0 saturated heterocycles. The maximum atomic E-state index is 10.8. The van der Waals surface area contributed by atoms with Gasteiger partial charge in [0.25, 0.3) is 0 Å². The van der Waals surface area contributed by atoms with E-state index in [0.717, 1.165) is 3.57 Å². The number of ether oxygens (including phenoxy) is 1. The summed E-state index contributed by atoms with van der Waals surface area (Å²) in [5, 5.41) is 8.83. The van der Waals surface area contributed by atoms with Crippen LogP contribution in [0.3, 0.4) is 0 Å². The molecule has 0 aliphatic heterocycles. The van der Waals surface area contributed by atoms with Crippen LogP contribution in [0.4, 0.5) is 0 Å². The zero-order valence-corrected chi connectivity index (χ0v) is 11.4. The van der Waals surface area contributed by atoms with Gasteiger partial charge in [0.15, 0.2) is 0 Å². The number of halogens is 1. The lowest BCUT2D eigenvalue weighted by atomic mass is 10.1. The molecular weight excluding hydrogens is 347 g/mol. The van der Waals surface area contributed by atoms with E-state index in [9.17, 15) is 4.79 Å². The van der Waals surface area contributed by atoms with Crippen LogP contribution in [0.1, 0.15) is 5.56 Å². The first-order valence-corrected chi connectivity index (χ1v) is 6.18. The summed E-state index contributed by atoms with van der Waals surface area (Å²) < 4.78 is 6.38. The fourth-order valence-corrected chi connectivity index (χ4v) is 1.80. The van der Waals surface area contributed by atoms with Gasteiger partial charge in [0.1, 0.15) is 12.1 Å². The van der Waals surface area contributed by atoms with Gasteiger partial charge in [-0.1, -0.05) is 18.2 Å². The Morgan fingerprint density at radius 1 is 1.39 bits per heavy atom. The van der Waals surface area contributed by atoms with Crippen molar-refractivity contribution in [3.05, 3.63) is 45.9 Å². The fraction of sp³-hybridized carbons (Fsp3) is 0.0833. The van der Waals surface area contributed by atoms with Gasteiger partial charge in [-0.05, 0) is 28.7 Å². The summed E-state index contributed by atoms with van der Waals surface area (Å²) in [4.78, 5) is 18.6. The first-order valence-electron chi connectivity index (χ1n) is 5.10. The standard InChI is InChI=1S/C12H9IN2O3/c13-9-6-14-7-15-12(9)18-10-4-2-1-3-8(10)5-11(16)17/h1-4,6-7H,5H2,(H,16,17). The average molecular weight is 356 g/mol. The number of carboxylic acid groups (broad SMARTS) is 1. The second-order valence-corrected chi connectivity index (χ2v) is 4.62. The highest BCUT2D eigenvalue weighted by atomic mass is 127. The lowest BCUT2D eigenvalue weighted by molar-refractivity contribution is -0.136. The summed E-state index contributed by atoms with van der Waals surface area (Å²) in [6.45, 7) is 0. The van der Waals surface area contributed by atoms with Crippen molar-refractivity contribution >= 4 is 28.6 Å². The molecule has 0 spiro atoms. The molecule has 0 radical (unpaired) electrons. The Morgan fingerprint density at radius 3 is 2.89 bits per heavy atom. The van der Waals surface area contributed by atoms with Gasteiger partial charge < -0.3 is 9.84 Å². The Hall–Kier alpha value is -1.70. The minimum atomic E-state index is -0.900. The van der Waals surface area contributed by atoms with E-state index in [2.05, 4.69) is 32.6 Å². The zero-order chi connectivity index (χ0) is 13.0. The van der Waals surface area contributed by atoms with Crippen molar-refractivity contribution in [2.45, 2.75) is 6.42 Å². The molecule has 0 bridgehead atoms. The molecule has 0 aliphatic rings. The molecule has 5 nitrogen and oxygen atoms in total. The highest BCUT2D eigenvalue weighted by Crippen LogP contribution is 2.26. The van der Waals surface area contributed by atoms with Gasteiger partial charge in [0.2, 0.25) is 5.88 Å². The van der Waals surface area contributed by atoms with Crippen LogP contribution in [0.2, 0.25) is 0 Å². The minimum Gasteiger partial charge on any atom is -0.481 e. The van der Waals surface area contributed by atoms with Crippen LogP contribution < -0.4 is 4.74 Å². The zero-order valence-electron chi connectivity index (χ0n) is 9.21. The van der Waals surface area contributed by atoms with Gasteiger partial charge in [-0.2, -0.15) is 0 Å². The molecule has 0 saturated carbocycles. The van der Waals surface area contributed by atoms with E-state index in [1.807, 2.05) is 0 Å². The van der Waals surface area contributed by atoms with Crippen molar-refractivity contribution in [2.75, 3.05) is 0 Å². The van der Waals surface area contributed by atoms with Gasteiger partial charge in [-0.3, -0.25) is 4.79 Å². The maximum absolute atomic E-state index is 10.8. The lowest BCUT2D eigenvalue weighted by Gasteiger charge is -2.09. The molecule has 18 heavy (non-hydrogen) atoms. The van der Waals surface area contributed by atoms with Crippen LogP contribution in [-0.4, -0.2) is 21.0 Å². The largest absolute Gasteiger partial charge is 0.481 e. The van der Waals surface area contributed by atoms with E-state index in [0.29, 0.717) is 17.2 Å². The average Bonchev–Trinajstić information content (AvgIpc) is 2.34. The summed E-state index contributed by atoms with van der Waals surface area (Å²) in [7, 11) is 0. The van der Waals surface area contributed by atoms with Crippen LogP contribution in [0.15, 0.2) is 36.8 Å². The van der Waals surface area contributed by atoms with Crippen LogP contribution in [0.25, 0.3) is 0 Å². The molecule has 0 amide bonds. The first-order chi connectivity index (χ1) is 8.66. The molecule has 0 fully saturated rings. The number of rotatable bonds is 4. The molecule has 2 rings (SSSR count). The normalized spacial score (nSPS) is 10.1. The topological polar surface area (TPSA) is 72.3 Å². The number of carbonyl (C=O) groups is 1. The number of hydrogen-bond donors (Lipinski definition) is 1. The number of hydrogen-bond acceptors (Lipinski definition) is 4. The van der Waals surface area contributed by atoms with E-state index in [1.165, 1.54) is 6.33 Å². The number of aromatic nitrogens is 2. The van der Waals surface area contributed by atoms with Crippen molar-refractivity contribution in [3.63, 3.8) is 0 Å². The molecular formula is C12H9IN2O3. The molecule has 0 aliphatic carbocycles. The van der Waals surface area contributed by atoms with Crippen molar-refractivity contribution in [1.82, 2.24) is 9.97 Å². The molecule has 92 valence electrons. The molecule has 1 heterocycles. The summed E-state index contributed by atoms with van der Waals surface area (Å²) in [5.41, 5.74) is 0.611. The van der Waals surface area contributed by atoms with Crippen LogP contribution in [-0.2, 0) is 11.2 Å². The molecule has 1 aromatic heterocycles. The Balaban J connectivity index is 2.29. The van der Waals surface area contributed by atoms with Crippen LogP contribution in [0, 0.1) is 3.57 Å². The Labute approximate surface area is 117 Å². The van der Waals surface area contributed by atoms with E-state index < -0.39 is 5.97 Å². The third-order valence-corrected chi connectivity index (χ3v) is 2.89. The Kier molecular flexibility index (Phi) is 4.08. The highest BCUT2D eigenvalue weighted by molar-refractivity contribution is 14.1. The van der Waals surface area contributed by atoms with Gasteiger partial charge in [0.05, 0.1) is 9.99 Å². The molecule has 6 heteroatoms. The third-order valence-electron chi connectivity index (χ3n) is 2.15. The second kappa shape index (κ2) is 5.76. The molecule has 1 N–H and O–H groups in total. The predicted molar refractivity (Wildman–Crippen MR) is 72.6 cm³/mol. The summed E-state index contributed by atoms with van der Waals surface area (Å²) in [6, 6.07) is 7.00. The van der Waals surface area contributed by atoms with Crippen LogP contribution in [0.5, 0.6) is 11.6 Å². The first kappa shape index (κ1) is 12.7. The molecule has 0 atom stereocenters. The van der Waals surface area contributed by atoms with E-state index in [1.54, 1.807) is 30.5 Å². The SMILES string of the molecule is O=C(O)Cc1ccccc1Oc1ncncc1I. The Bertz CT molecular complexity index is 575. The summed E-state index contributed by atoms with van der Waals surface area (Å²) in [5.74, 6) is 0.0170. The van der Waals surface area contributed by atoms with Gasteiger partial charge in [0, 0.05) is 11.8 Å². The quantitative estimate of drug-likeness (QED) is 0.853. The van der Waals surface area contributed by atoms with Crippen molar-refractivity contribution < 1.29 is 14.6 Å². The monoisotopic (exact) mass is 356 g/mol. The predicted octanol–water partition coefficient (Wildman–Crippen LogP) is 2.50. The van der Waals surface area contributed by atoms with Crippen molar-refractivity contribution in [2.24, 2.45) is 0 Å². The van der Waals surface area contributed by atoms with Crippen molar-refractivity contribution in [1.29, 1.82) is 0 Å². The minimum absolute atomic E-state index is 0.0855. The number of carboxylic acids is 1. The molecule has 0 unspecified atom stereocenters. The van der Waals surface area contributed by atoms with Crippen LogP contribution >= 0.6 is 22.6 Å². The maximum Gasteiger partial charge on any atom is 0.307 e. The summed E-state index contributed by atoms with van der Waals surface area (Å²) >= 11 is 2.06. The second-order valence-electron chi connectivity index (χ2n) is 3.46. The lowest BCUT2D eigenvalue weighted by Crippen LogP contribution is -2.02. The highest BCUT2D eigenvalue weighted by Gasteiger charge is 2.10. The van der Waals surface area contributed by atoms with Gasteiger partial charge in [-0.15, -0.1) is 0 Å². The number of aliphatic carboxylic acids is 1. The molecule has 2 aromatic rings. The van der Waals surface area contributed by atoms with E-state index in [-0.39, 0.29) is 6.42 Å². The summed E-state index contributed by atoms with van der Waals surface area (Å²) in [6.07, 6.45) is 2.93. The molecule has 1 aromatic carbocycles. The van der Waals surface area contributed by atoms with Gasteiger partial charge in [-0.25, -0.2) is 9.97 Å². The van der Waals surface area contributed by atoms with E-state index >= 15 is 0 Å².